The van der Waals surface area contributed by atoms with Gasteiger partial charge in [0.25, 0.3) is 0 Å². The lowest BCUT2D eigenvalue weighted by Crippen LogP contribution is -2.41. The highest BCUT2D eigenvalue weighted by atomic mass is 19.1. The second kappa shape index (κ2) is 4.09. The van der Waals surface area contributed by atoms with Crippen molar-refractivity contribution in [1.29, 1.82) is 0 Å². The summed E-state index contributed by atoms with van der Waals surface area (Å²) in [7, 11) is 0. The van der Waals surface area contributed by atoms with Crippen molar-refractivity contribution in [2.75, 3.05) is 0 Å². The molecule has 2 N–H and O–H groups in total. The van der Waals surface area contributed by atoms with Crippen molar-refractivity contribution in [1.82, 2.24) is 0 Å². The molecule has 1 rings (SSSR count). The number of halogens is 1. The number of hydrogen-bond donors (Lipinski definition) is 1. The van der Waals surface area contributed by atoms with Crippen LogP contribution in [0, 0.1) is 11.7 Å². The Balaban J connectivity index is 3.12. The Bertz CT molecular complexity index is 309. The summed E-state index contributed by atoms with van der Waals surface area (Å²) in [6.45, 7) is 6.16. The zero-order chi connectivity index (χ0) is 10.8. The molecule has 0 aliphatic rings. The van der Waals surface area contributed by atoms with Crippen LogP contribution in [0.2, 0.25) is 0 Å². The van der Waals surface area contributed by atoms with E-state index in [1.807, 2.05) is 13.0 Å². The van der Waals surface area contributed by atoms with Crippen molar-refractivity contribution in [3.8, 4) is 0 Å². The minimum absolute atomic E-state index is 0.216. The molecule has 0 radical (unpaired) electrons. The highest BCUT2D eigenvalue weighted by molar-refractivity contribution is 5.25. The lowest BCUT2D eigenvalue weighted by Gasteiger charge is -2.33. The molecule has 0 saturated heterocycles. The number of benzene rings is 1. The molecule has 1 aromatic carbocycles. The first-order chi connectivity index (χ1) is 6.50. The zero-order valence-corrected chi connectivity index (χ0v) is 9.05. The smallest absolute Gasteiger partial charge is 0.123 e. The summed E-state index contributed by atoms with van der Waals surface area (Å²) in [5.41, 5.74) is 6.73. The molecule has 0 fully saturated rings. The SMILES string of the molecule is CCC(N)(c1cccc(F)c1)C(C)C. The molecular weight excluding hydrogens is 177 g/mol. The van der Waals surface area contributed by atoms with E-state index in [1.165, 1.54) is 12.1 Å². The predicted molar refractivity (Wildman–Crippen MR) is 57.4 cm³/mol. The van der Waals surface area contributed by atoms with Crippen molar-refractivity contribution >= 4 is 0 Å². The van der Waals surface area contributed by atoms with Crippen LogP contribution in [0.4, 0.5) is 4.39 Å². The highest BCUT2D eigenvalue weighted by Gasteiger charge is 2.29. The van der Waals surface area contributed by atoms with Crippen LogP contribution >= 0.6 is 0 Å². The van der Waals surface area contributed by atoms with Crippen LogP contribution in [0.25, 0.3) is 0 Å². The van der Waals surface area contributed by atoms with Gasteiger partial charge in [0.15, 0.2) is 0 Å². The van der Waals surface area contributed by atoms with Gasteiger partial charge in [-0.25, -0.2) is 4.39 Å². The van der Waals surface area contributed by atoms with Gasteiger partial charge < -0.3 is 5.73 Å². The topological polar surface area (TPSA) is 26.0 Å². The summed E-state index contributed by atoms with van der Waals surface area (Å²) in [5, 5.41) is 0. The van der Waals surface area contributed by atoms with E-state index < -0.39 is 5.54 Å². The maximum Gasteiger partial charge on any atom is 0.123 e. The Kier molecular flexibility index (Phi) is 3.27. The van der Waals surface area contributed by atoms with Crippen LogP contribution in [-0.2, 0) is 5.54 Å². The molecule has 0 aliphatic heterocycles. The second-order valence-corrected chi connectivity index (χ2v) is 4.06. The van der Waals surface area contributed by atoms with Crippen LogP contribution in [0.15, 0.2) is 24.3 Å². The van der Waals surface area contributed by atoms with E-state index >= 15 is 0 Å². The lowest BCUT2D eigenvalue weighted by atomic mass is 9.79. The van der Waals surface area contributed by atoms with Gasteiger partial charge in [0.2, 0.25) is 0 Å². The molecule has 1 atom stereocenters. The maximum atomic E-state index is 13.0. The highest BCUT2D eigenvalue weighted by Crippen LogP contribution is 2.30. The Morgan fingerprint density at radius 3 is 2.50 bits per heavy atom. The molecule has 1 unspecified atom stereocenters. The molecule has 1 nitrogen and oxygen atoms in total. The summed E-state index contributed by atoms with van der Waals surface area (Å²) in [6, 6.07) is 6.58. The predicted octanol–water partition coefficient (Wildman–Crippen LogP) is 3.05. The van der Waals surface area contributed by atoms with Crippen LogP contribution in [0.1, 0.15) is 32.8 Å². The first-order valence-electron chi connectivity index (χ1n) is 5.05. The van der Waals surface area contributed by atoms with Gasteiger partial charge in [-0.2, -0.15) is 0 Å². The Hall–Kier alpha value is -0.890. The molecule has 2 heteroatoms. The standard InChI is InChI=1S/C12H18FN/c1-4-12(14,9(2)3)10-6-5-7-11(13)8-10/h5-9H,4,14H2,1-3H3. The van der Waals surface area contributed by atoms with Crippen molar-refractivity contribution < 1.29 is 4.39 Å². The number of nitrogens with two attached hydrogens (primary N) is 1. The average molecular weight is 195 g/mol. The molecule has 0 aromatic heterocycles. The third-order valence-electron chi connectivity index (χ3n) is 2.98. The number of rotatable bonds is 3. The van der Waals surface area contributed by atoms with Crippen molar-refractivity contribution in [3.05, 3.63) is 35.6 Å². The van der Waals surface area contributed by atoms with Gasteiger partial charge in [0.1, 0.15) is 5.82 Å². The van der Waals surface area contributed by atoms with Gasteiger partial charge in [-0.15, -0.1) is 0 Å². The number of hydrogen-bond acceptors (Lipinski definition) is 1. The third kappa shape index (κ3) is 1.95. The van der Waals surface area contributed by atoms with Gasteiger partial charge in [0, 0.05) is 5.54 Å². The first-order valence-corrected chi connectivity index (χ1v) is 5.05. The monoisotopic (exact) mass is 195 g/mol. The Labute approximate surface area is 85.1 Å². The Morgan fingerprint density at radius 1 is 1.43 bits per heavy atom. The molecule has 78 valence electrons. The van der Waals surface area contributed by atoms with Crippen molar-refractivity contribution in [3.63, 3.8) is 0 Å². The fraction of sp³-hybridized carbons (Fsp3) is 0.500. The summed E-state index contributed by atoms with van der Waals surface area (Å²) >= 11 is 0. The Morgan fingerprint density at radius 2 is 2.07 bits per heavy atom. The minimum atomic E-state index is -0.415. The first kappa shape index (κ1) is 11.2. The van der Waals surface area contributed by atoms with Crippen molar-refractivity contribution in [2.24, 2.45) is 11.7 Å². The molecular formula is C12H18FN. The van der Waals surface area contributed by atoms with Gasteiger partial charge in [-0.3, -0.25) is 0 Å². The molecule has 0 spiro atoms. The van der Waals surface area contributed by atoms with Crippen LogP contribution in [-0.4, -0.2) is 0 Å². The van der Waals surface area contributed by atoms with Crippen LogP contribution in [0.5, 0.6) is 0 Å². The molecule has 1 aromatic rings. The summed E-state index contributed by atoms with van der Waals surface area (Å²) in [4.78, 5) is 0. The van der Waals surface area contributed by atoms with E-state index in [1.54, 1.807) is 6.07 Å². The average Bonchev–Trinajstić information content (AvgIpc) is 2.16. The molecule has 0 aliphatic carbocycles. The molecule has 14 heavy (non-hydrogen) atoms. The van der Waals surface area contributed by atoms with E-state index in [9.17, 15) is 4.39 Å². The molecule has 0 heterocycles. The van der Waals surface area contributed by atoms with E-state index in [0.29, 0.717) is 5.92 Å². The summed E-state index contributed by atoms with van der Waals surface area (Å²) in [6.07, 6.45) is 0.814. The van der Waals surface area contributed by atoms with Crippen LogP contribution < -0.4 is 5.73 Å². The van der Waals surface area contributed by atoms with E-state index in [2.05, 4.69) is 13.8 Å². The van der Waals surface area contributed by atoms with Crippen molar-refractivity contribution in [2.45, 2.75) is 32.7 Å². The largest absolute Gasteiger partial charge is 0.321 e. The maximum absolute atomic E-state index is 13.0. The van der Waals surface area contributed by atoms with Crippen LogP contribution in [0.3, 0.4) is 0 Å². The molecule has 0 saturated carbocycles. The second-order valence-electron chi connectivity index (χ2n) is 4.06. The lowest BCUT2D eigenvalue weighted by molar-refractivity contribution is 0.305. The zero-order valence-electron chi connectivity index (χ0n) is 9.05. The minimum Gasteiger partial charge on any atom is -0.321 e. The van der Waals surface area contributed by atoms with Gasteiger partial charge in [0.05, 0.1) is 0 Å². The summed E-state index contributed by atoms with van der Waals surface area (Å²) in [5.74, 6) is 0.0840. The normalized spacial score (nSPS) is 15.6. The fourth-order valence-electron chi connectivity index (χ4n) is 1.72. The molecule has 0 amide bonds. The van der Waals surface area contributed by atoms with E-state index in [0.717, 1.165) is 12.0 Å². The third-order valence-corrected chi connectivity index (χ3v) is 2.98. The quantitative estimate of drug-likeness (QED) is 0.788. The van der Waals surface area contributed by atoms with Gasteiger partial charge in [-0.1, -0.05) is 32.9 Å². The van der Waals surface area contributed by atoms with E-state index in [4.69, 9.17) is 5.73 Å². The molecule has 0 bridgehead atoms. The summed E-state index contributed by atoms with van der Waals surface area (Å²) < 4.78 is 13.0. The van der Waals surface area contributed by atoms with E-state index in [-0.39, 0.29) is 5.82 Å². The fourth-order valence-corrected chi connectivity index (χ4v) is 1.72. The van der Waals surface area contributed by atoms with Gasteiger partial charge >= 0.3 is 0 Å². The van der Waals surface area contributed by atoms with Gasteiger partial charge in [-0.05, 0) is 30.0 Å².